The van der Waals surface area contributed by atoms with E-state index in [2.05, 4.69) is 0 Å². The fourth-order valence-electron chi connectivity index (χ4n) is 1.12. The van der Waals surface area contributed by atoms with Gasteiger partial charge in [-0.05, 0) is 19.3 Å². The molecule has 0 aromatic carbocycles. The van der Waals surface area contributed by atoms with Gasteiger partial charge in [0.05, 0.1) is 6.61 Å². The van der Waals surface area contributed by atoms with Crippen LogP contribution in [-0.2, 0) is 9.47 Å². The summed E-state index contributed by atoms with van der Waals surface area (Å²) < 4.78 is 10.6. The minimum atomic E-state index is -0.238. The second kappa shape index (κ2) is 5.22. The third-order valence-corrected chi connectivity index (χ3v) is 1.66. The zero-order chi connectivity index (χ0) is 10.5. The lowest BCUT2D eigenvalue weighted by atomic mass is 9.89. The largest absolute Gasteiger partial charge is 0.480 e. The van der Waals surface area contributed by atoms with Gasteiger partial charge in [0.25, 0.3) is 0 Å². The summed E-state index contributed by atoms with van der Waals surface area (Å²) in [5.74, 6) is 0.233. The number of ether oxygens (including phenoxy) is 2. The van der Waals surface area contributed by atoms with Crippen molar-refractivity contribution in [2.45, 2.75) is 40.7 Å². The number of nitrogens with one attached hydrogen (secondary N) is 1. The molecule has 13 heavy (non-hydrogen) atoms. The fourth-order valence-corrected chi connectivity index (χ4v) is 1.12. The van der Waals surface area contributed by atoms with Crippen LogP contribution in [-0.4, -0.2) is 25.2 Å². The third-order valence-electron chi connectivity index (χ3n) is 1.66. The van der Waals surface area contributed by atoms with Crippen molar-refractivity contribution in [1.82, 2.24) is 0 Å². The first-order valence-electron chi connectivity index (χ1n) is 4.76. The summed E-state index contributed by atoms with van der Waals surface area (Å²) in [6, 6.07) is 0. The highest BCUT2D eigenvalue weighted by Crippen LogP contribution is 2.23. The smallest absolute Gasteiger partial charge is 0.211 e. The summed E-state index contributed by atoms with van der Waals surface area (Å²) in [4.78, 5) is 0. The predicted octanol–water partition coefficient (Wildman–Crippen LogP) is 2.45. The summed E-state index contributed by atoms with van der Waals surface area (Å²) in [5.41, 5.74) is -0.0811. The lowest BCUT2D eigenvalue weighted by molar-refractivity contribution is 0.0188. The molecule has 0 spiro atoms. The van der Waals surface area contributed by atoms with Crippen LogP contribution in [0.5, 0.6) is 0 Å². The van der Waals surface area contributed by atoms with Crippen molar-refractivity contribution in [3.05, 3.63) is 0 Å². The second-order valence-corrected chi connectivity index (χ2v) is 4.00. The standard InChI is InChI=1S/C10H21NO2/c1-6-12-8(10(3,4)5)9(11)13-7-2/h8,11H,6-7H2,1-5H3. The van der Waals surface area contributed by atoms with Crippen molar-refractivity contribution < 1.29 is 9.47 Å². The molecule has 78 valence electrons. The van der Waals surface area contributed by atoms with Gasteiger partial charge in [0.15, 0.2) is 0 Å². The van der Waals surface area contributed by atoms with Gasteiger partial charge in [-0.1, -0.05) is 20.8 Å². The Hall–Kier alpha value is -0.570. The molecule has 0 radical (unpaired) electrons. The van der Waals surface area contributed by atoms with Gasteiger partial charge in [0.1, 0.15) is 6.10 Å². The van der Waals surface area contributed by atoms with Crippen molar-refractivity contribution >= 4 is 5.90 Å². The molecule has 0 amide bonds. The Balaban J connectivity index is 4.33. The van der Waals surface area contributed by atoms with Gasteiger partial charge < -0.3 is 9.47 Å². The molecule has 0 rings (SSSR count). The first-order chi connectivity index (χ1) is 5.93. The maximum Gasteiger partial charge on any atom is 0.211 e. The molecule has 0 bridgehead atoms. The van der Waals surface area contributed by atoms with Crippen LogP contribution in [0.4, 0.5) is 0 Å². The van der Waals surface area contributed by atoms with Gasteiger partial charge in [-0.2, -0.15) is 0 Å². The Bertz CT molecular complexity index is 161. The van der Waals surface area contributed by atoms with Crippen LogP contribution in [0.25, 0.3) is 0 Å². The van der Waals surface area contributed by atoms with Crippen molar-refractivity contribution in [2.24, 2.45) is 5.41 Å². The Labute approximate surface area is 80.9 Å². The molecule has 1 atom stereocenters. The maximum absolute atomic E-state index is 7.66. The number of hydrogen-bond donors (Lipinski definition) is 1. The van der Waals surface area contributed by atoms with Gasteiger partial charge in [0, 0.05) is 6.61 Å². The average Bonchev–Trinajstić information content (AvgIpc) is 1.98. The molecule has 0 heterocycles. The van der Waals surface area contributed by atoms with Crippen LogP contribution in [0.2, 0.25) is 0 Å². The Morgan fingerprint density at radius 3 is 2.08 bits per heavy atom. The fraction of sp³-hybridized carbons (Fsp3) is 0.900. The van der Waals surface area contributed by atoms with Crippen LogP contribution in [0, 0.1) is 10.8 Å². The summed E-state index contributed by atoms with van der Waals surface area (Å²) in [6.07, 6.45) is -0.238. The van der Waals surface area contributed by atoms with Gasteiger partial charge in [-0.25, -0.2) is 0 Å². The molecule has 0 aromatic rings. The molecule has 0 aliphatic heterocycles. The molecule has 1 N–H and O–H groups in total. The molecular weight excluding hydrogens is 166 g/mol. The highest BCUT2D eigenvalue weighted by atomic mass is 16.5. The van der Waals surface area contributed by atoms with E-state index < -0.39 is 0 Å². The molecule has 0 aromatic heterocycles. The van der Waals surface area contributed by atoms with E-state index in [1.54, 1.807) is 0 Å². The summed E-state index contributed by atoms with van der Waals surface area (Å²) in [7, 11) is 0. The number of rotatable bonds is 4. The van der Waals surface area contributed by atoms with Crippen LogP contribution < -0.4 is 0 Å². The van der Waals surface area contributed by atoms with E-state index in [4.69, 9.17) is 14.9 Å². The summed E-state index contributed by atoms with van der Waals surface area (Å²) in [5, 5.41) is 7.66. The van der Waals surface area contributed by atoms with Crippen LogP contribution in [0.15, 0.2) is 0 Å². The Kier molecular flexibility index (Phi) is 4.99. The van der Waals surface area contributed by atoms with E-state index in [0.29, 0.717) is 13.2 Å². The predicted molar refractivity (Wildman–Crippen MR) is 54.2 cm³/mol. The molecule has 0 aliphatic rings. The molecule has 0 saturated carbocycles. The van der Waals surface area contributed by atoms with E-state index >= 15 is 0 Å². The van der Waals surface area contributed by atoms with Gasteiger partial charge >= 0.3 is 0 Å². The maximum atomic E-state index is 7.66. The SMILES string of the molecule is CCOC(=N)C(OCC)C(C)(C)C. The van der Waals surface area contributed by atoms with Crippen molar-refractivity contribution in [3.63, 3.8) is 0 Å². The lowest BCUT2D eigenvalue weighted by Crippen LogP contribution is -2.38. The average molecular weight is 187 g/mol. The minimum absolute atomic E-state index is 0.0811. The van der Waals surface area contributed by atoms with Crippen molar-refractivity contribution in [2.75, 3.05) is 13.2 Å². The number of hydrogen-bond acceptors (Lipinski definition) is 3. The molecule has 3 heteroatoms. The van der Waals surface area contributed by atoms with E-state index in [1.165, 1.54) is 0 Å². The van der Waals surface area contributed by atoms with E-state index in [-0.39, 0.29) is 17.4 Å². The van der Waals surface area contributed by atoms with Gasteiger partial charge in [-0.3, -0.25) is 5.41 Å². The Morgan fingerprint density at radius 1 is 1.23 bits per heavy atom. The zero-order valence-corrected chi connectivity index (χ0v) is 9.31. The highest BCUT2D eigenvalue weighted by molar-refractivity contribution is 5.78. The van der Waals surface area contributed by atoms with Gasteiger partial charge in [-0.15, -0.1) is 0 Å². The van der Waals surface area contributed by atoms with E-state index in [0.717, 1.165) is 0 Å². The third kappa shape index (κ3) is 4.27. The zero-order valence-electron chi connectivity index (χ0n) is 9.31. The molecule has 1 unspecified atom stereocenters. The lowest BCUT2D eigenvalue weighted by Gasteiger charge is -2.29. The normalized spacial score (nSPS) is 13.9. The molecular formula is C10H21NO2. The molecule has 3 nitrogen and oxygen atoms in total. The topological polar surface area (TPSA) is 42.3 Å². The van der Waals surface area contributed by atoms with Gasteiger partial charge in [0.2, 0.25) is 5.90 Å². The summed E-state index contributed by atoms with van der Waals surface area (Å²) in [6.45, 7) is 11.1. The quantitative estimate of drug-likeness (QED) is 0.542. The minimum Gasteiger partial charge on any atom is -0.480 e. The van der Waals surface area contributed by atoms with Crippen LogP contribution >= 0.6 is 0 Å². The second-order valence-electron chi connectivity index (χ2n) is 4.00. The van der Waals surface area contributed by atoms with Crippen molar-refractivity contribution in [1.29, 1.82) is 5.41 Å². The highest BCUT2D eigenvalue weighted by Gasteiger charge is 2.30. The molecule has 0 fully saturated rings. The summed E-state index contributed by atoms with van der Waals surface area (Å²) >= 11 is 0. The van der Waals surface area contributed by atoms with E-state index in [1.807, 2.05) is 34.6 Å². The van der Waals surface area contributed by atoms with E-state index in [9.17, 15) is 0 Å². The van der Waals surface area contributed by atoms with Crippen LogP contribution in [0.3, 0.4) is 0 Å². The van der Waals surface area contributed by atoms with Crippen molar-refractivity contribution in [3.8, 4) is 0 Å². The Morgan fingerprint density at radius 2 is 1.77 bits per heavy atom. The van der Waals surface area contributed by atoms with Crippen LogP contribution in [0.1, 0.15) is 34.6 Å². The first-order valence-corrected chi connectivity index (χ1v) is 4.76. The molecule has 0 saturated heterocycles. The molecule has 0 aliphatic carbocycles. The monoisotopic (exact) mass is 187 g/mol. The first kappa shape index (κ1) is 12.4.